The van der Waals surface area contributed by atoms with Crippen LogP contribution in [-0.4, -0.2) is 6.29 Å². The minimum atomic E-state index is -0.338. The highest BCUT2D eigenvalue weighted by atomic mass is 31.0. The number of rotatable bonds is 3. The van der Waals surface area contributed by atoms with Gasteiger partial charge in [0.15, 0.2) is 0 Å². The van der Waals surface area contributed by atoms with Crippen molar-refractivity contribution in [3.05, 3.63) is 70.5 Å². The summed E-state index contributed by atoms with van der Waals surface area (Å²) in [6.45, 7) is 0. The maximum Gasteiger partial charge on any atom is 0.123 e. The van der Waals surface area contributed by atoms with E-state index in [1.807, 2.05) is 18.2 Å². The Kier molecular flexibility index (Phi) is 4.14. The van der Waals surface area contributed by atoms with Gasteiger partial charge in [0.05, 0.1) is 6.10 Å². The van der Waals surface area contributed by atoms with Crippen LogP contribution >= 0.6 is 9.47 Å². The van der Waals surface area contributed by atoms with Gasteiger partial charge in [0.25, 0.3) is 0 Å². The summed E-state index contributed by atoms with van der Waals surface area (Å²) in [6.07, 6.45) is 1.65. The molecule has 0 saturated carbocycles. The summed E-state index contributed by atoms with van der Waals surface area (Å²) < 4.78 is 19.2. The lowest BCUT2D eigenvalue weighted by Gasteiger charge is -2.25. The molecule has 0 radical (unpaired) electrons. The van der Waals surface area contributed by atoms with Gasteiger partial charge in [-0.2, -0.15) is 0 Å². The zero-order chi connectivity index (χ0) is 14.8. The molecule has 0 N–H and O–H groups in total. The smallest absolute Gasteiger partial charge is 0.123 e. The highest BCUT2D eigenvalue weighted by molar-refractivity contribution is 7.09. The van der Waals surface area contributed by atoms with Crippen molar-refractivity contribution in [3.63, 3.8) is 0 Å². The third kappa shape index (κ3) is 2.64. The van der Waals surface area contributed by atoms with Crippen LogP contribution in [0.3, 0.4) is 0 Å². The van der Waals surface area contributed by atoms with Gasteiger partial charge < -0.3 is 9.32 Å². The quantitative estimate of drug-likeness (QED) is 0.634. The first kappa shape index (κ1) is 14.4. The molecule has 0 amide bonds. The minimum absolute atomic E-state index is 0.0979. The molecule has 2 nitrogen and oxygen atoms in total. The molecule has 2 aromatic carbocycles. The second kappa shape index (κ2) is 6.05. The van der Waals surface area contributed by atoms with E-state index in [4.69, 9.17) is 4.52 Å². The second-order valence-corrected chi connectivity index (χ2v) is 5.56. The van der Waals surface area contributed by atoms with E-state index in [2.05, 4.69) is 15.5 Å². The third-order valence-electron chi connectivity index (χ3n) is 4.11. The number of fused-ring (bicyclic) bond motifs is 2. The molecule has 0 saturated heterocycles. The number of carbonyl (C=O) groups is 1. The van der Waals surface area contributed by atoms with Crippen molar-refractivity contribution in [1.82, 2.24) is 0 Å². The Morgan fingerprint density at radius 2 is 1.95 bits per heavy atom. The molecule has 1 aliphatic rings. The predicted octanol–water partition coefficient (Wildman–Crippen LogP) is 3.95. The topological polar surface area (TPSA) is 26.3 Å². The van der Waals surface area contributed by atoms with Crippen LogP contribution in [-0.2, 0) is 15.7 Å². The first-order valence-electron chi connectivity index (χ1n) is 6.90. The molecule has 3 rings (SSSR count). The SMILES string of the molecule is O=CC[C@@H]1c2ccccc2Cc2ccc(F)cc2[C@@H]1OP. The highest BCUT2D eigenvalue weighted by Gasteiger charge is 2.31. The molecule has 0 heterocycles. The fourth-order valence-electron chi connectivity index (χ4n) is 3.16. The molecule has 0 fully saturated rings. The number of aldehydes is 1. The van der Waals surface area contributed by atoms with E-state index in [9.17, 15) is 9.18 Å². The van der Waals surface area contributed by atoms with Crippen LogP contribution in [0.5, 0.6) is 0 Å². The number of benzene rings is 2. The zero-order valence-corrected chi connectivity index (χ0v) is 12.6. The maximum atomic E-state index is 13.6. The lowest BCUT2D eigenvalue weighted by Crippen LogP contribution is -2.13. The van der Waals surface area contributed by atoms with Crippen molar-refractivity contribution < 1.29 is 13.7 Å². The third-order valence-corrected chi connectivity index (χ3v) is 4.41. The van der Waals surface area contributed by atoms with E-state index in [-0.39, 0.29) is 17.8 Å². The Morgan fingerprint density at radius 1 is 1.19 bits per heavy atom. The van der Waals surface area contributed by atoms with Gasteiger partial charge in [0.1, 0.15) is 12.1 Å². The van der Waals surface area contributed by atoms with E-state index in [0.717, 1.165) is 29.4 Å². The first-order chi connectivity index (χ1) is 10.2. The summed E-state index contributed by atoms with van der Waals surface area (Å²) in [7, 11) is 2.26. The molecule has 4 heteroatoms. The van der Waals surface area contributed by atoms with E-state index < -0.39 is 0 Å². The lowest BCUT2D eigenvalue weighted by atomic mass is 9.87. The van der Waals surface area contributed by atoms with Gasteiger partial charge in [0.2, 0.25) is 0 Å². The van der Waals surface area contributed by atoms with Gasteiger partial charge in [-0.25, -0.2) is 4.39 Å². The average molecular weight is 302 g/mol. The van der Waals surface area contributed by atoms with Crippen LogP contribution in [0.4, 0.5) is 4.39 Å². The van der Waals surface area contributed by atoms with Crippen LogP contribution in [0.1, 0.15) is 40.7 Å². The van der Waals surface area contributed by atoms with E-state index in [0.29, 0.717) is 6.42 Å². The van der Waals surface area contributed by atoms with Gasteiger partial charge in [-0.05, 0) is 40.8 Å². The van der Waals surface area contributed by atoms with E-state index >= 15 is 0 Å². The molecule has 3 atom stereocenters. The van der Waals surface area contributed by atoms with Crippen LogP contribution in [0.25, 0.3) is 0 Å². The van der Waals surface area contributed by atoms with Crippen molar-refractivity contribution in [1.29, 1.82) is 0 Å². The molecule has 0 bridgehead atoms. The molecule has 0 aliphatic heterocycles. The van der Waals surface area contributed by atoms with Crippen molar-refractivity contribution in [2.24, 2.45) is 0 Å². The van der Waals surface area contributed by atoms with Crippen molar-refractivity contribution >= 4 is 15.8 Å². The van der Waals surface area contributed by atoms with Crippen molar-refractivity contribution in [2.75, 3.05) is 0 Å². The normalized spacial score (nSPS) is 20.3. The molecule has 1 aliphatic carbocycles. The molecule has 2 aromatic rings. The number of hydrogen-bond acceptors (Lipinski definition) is 2. The Balaban J connectivity index is 2.21. The van der Waals surface area contributed by atoms with Gasteiger partial charge in [-0.15, -0.1) is 0 Å². The number of halogens is 1. The van der Waals surface area contributed by atoms with E-state index in [1.54, 1.807) is 6.07 Å². The monoisotopic (exact) mass is 302 g/mol. The Morgan fingerprint density at radius 3 is 2.71 bits per heavy atom. The van der Waals surface area contributed by atoms with Crippen LogP contribution in [0.15, 0.2) is 42.5 Å². The first-order valence-corrected chi connectivity index (χ1v) is 7.37. The molecular weight excluding hydrogens is 286 g/mol. The van der Waals surface area contributed by atoms with Gasteiger partial charge in [-0.3, -0.25) is 0 Å². The molecular formula is C17H16FO2P. The summed E-state index contributed by atoms with van der Waals surface area (Å²) in [4.78, 5) is 11.1. The molecule has 108 valence electrons. The maximum absolute atomic E-state index is 13.6. The molecule has 0 aromatic heterocycles. The fourth-order valence-corrected chi connectivity index (χ4v) is 3.49. The van der Waals surface area contributed by atoms with Crippen molar-refractivity contribution in [2.45, 2.75) is 24.9 Å². The summed E-state index contributed by atoms with van der Waals surface area (Å²) in [6, 6.07) is 12.8. The van der Waals surface area contributed by atoms with Crippen LogP contribution in [0, 0.1) is 5.82 Å². The predicted molar refractivity (Wildman–Crippen MR) is 82.6 cm³/mol. The molecule has 0 spiro atoms. The average Bonchev–Trinajstić information content (AvgIpc) is 2.62. The van der Waals surface area contributed by atoms with Crippen molar-refractivity contribution in [3.8, 4) is 0 Å². The largest absolute Gasteiger partial charge is 0.357 e. The summed E-state index contributed by atoms with van der Waals surface area (Å²) >= 11 is 0. The van der Waals surface area contributed by atoms with E-state index in [1.165, 1.54) is 17.7 Å². The summed E-state index contributed by atoms with van der Waals surface area (Å²) in [5, 5.41) is 0. The van der Waals surface area contributed by atoms with Crippen LogP contribution < -0.4 is 0 Å². The Hall–Kier alpha value is -1.57. The standard InChI is InChI=1S/C17H16FO2P/c18-13-6-5-12-9-11-3-1-2-4-14(11)15(7-8-19)17(20-21)16(12)10-13/h1-6,8,10,15,17H,7,9,21H2/t15-,17-/m1/s1. The Bertz CT molecular complexity index is 672. The zero-order valence-electron chi connectivity index (χ0n) is 11.5. The summed E-state index contributed by atoms with van der Waals surface area (Å²) in [5.74, 6) is -0.379. The second-order valence-electron chi connectivity index (χ2n) is 5.28. The number of hydrogen-bond donors (Lipinski definition) is 0. The number of carbonyl (C=O) groups excluding carboxylic acids is 1. The summed E-state index contributed by atoms with van der Waals surface area (Å²) in [5.41, 5.74) is 4.15. The lowest BCUT2D eigenvalue weighted by molar-refractivity contribution is -0.108. The Labute approximate surface area is 125 Å². The van der Waals surface area contributed by atoms with Gasteiger partial charge in [-0.1, -0.05) is 30.3 Å². The highest BCUT2D eigenvalue weighted by Crippen LogP contribution is 2.43. The van der Waals surface area contributed by atoms with Crippen LogP contribution in [0.2, 0.25) is 0 Å². The van der Waals surface area contributed by atoms with Gasteiger partial charge >= 0.3 is 0 Å². The fraction of sp³-hybridized carbons (Fsp3) is 0.235. The molecule has 1 unspecified atom stereocenters. The van der Waals surface area contributed by atoms with Gasteiger partial charge in [0, 0.05) is 21.8 Å². The molecule has 21 heavy (non-hydrogen) atoms. The minimum Gasteiger partial charge on any atom is -0.357 e.